The van der Waals surface area contributed by atoms with Gasteiger partial charge in [0.1, 0.15) is 0 Å². The molecule has 1 unspecified atom stereocenters. The van der Waals surface area contributed by atoms with Crippen molar-refractivity contribution in [3.8, 4) is 0 Å². The molecule has 3 nitrogen and oxygen atoms in total. The molecule has 0 amide bonds. The first-order valence-corrected chi connectivity index (χ1v) is 7.38. The Morgan fingerprint density at radius 2 is 1.82 bits per heavy atom. The Morgan fingerprint density at radius 1 is 1.06 bits per heavy atom. The molecule has 0 aromatic carbocycles. The van der Waals surface area contributed by atoms with Gasteiger partial charge in [0.25, 0.3) is 0 Å². The summed E-state index contributed by atoms with van der Waals surface area (Å²) in [6, 6.07) is 0.711. The van der Waals surface area contributed by atoms with E-state index in [1.807, 2.05) is 0 Å². The van der Waals surface area contributed by atoms with Gasteiger partial charge in [0.2, 0.25) is 0 Å². The molecule has 0 saturated carbocycles. The zero-order valence-electron chi connectivity index (χ0n) is 11.6. The Kier molecular flexibility index (Phi) is 5.26. The molecule has 0 spiro atoms. The predicted octanol–water partition coefficient (Wildman–Crippen LogP) is 1.40. The van der Waals surface area contributed by atoms with E-state index >= 15 is 0 Å². The summed E-state index contributed by atoms with van der Waals surface area (Å²) in [6.07, 6.45) is 5.56. The molecule has 100 valence electrons. The number of nitrogens with zero attached hydrogens (tertiary/aromatic N) is 2. The molecular formula is C14H29N3. The Hall–Kier alpha value is -0.120. The molecular weight excluding hydrogens is 210 g/mol. The molecule has 17 heavy (non-hydrogen) atoms. The molecule has 1 atom stereocenters. The number of piperidine rings is 1. The van der Waals surface area contributed by atoms with Crippen LogP contribution < -0.4 is 5.32 Å². The highest BCUT2D eigenvalue weighted by Crippen LogP contribution is 2.20. The fourth-order valence-corrected chi connectivity index (χ4v) is 3.00. The zero-order chi connectivity index (χ0) is 12.1. The van der Waals surface area contributed by atoms with Crippen LogP contribution >= 0.6 is 0 Å². The third kappa shape index (κ3) is 4.57. The number of hydrogen-bond donors (Lipinski definition) is 1. The van der Waals surface area contributed by atoms with Crippen LogP contribution in [0.25, 0.3) is 0 Å². The lowest BCUT2D eigenvalue weighted by atomic mass is 9.93. The minimum Gasteiger partial charge on any atom is -0.313 e. The molecule has 2 fully saturated rings. The molecule has 1 N–H and O–H groups in total. The number of hydrogen-bond acceptors (Lipinski definition) is 3. The minimum atomic E-state index is 0.711. The summed E-state index contributed by atoms with van der Waals surface area (Å²) in [4.78, 5) is 5.13. The van der Waals surface area contributed by atoms with Crippen molar-refractivity contribution >= 4 is 0 Å². The molecule has 2 heterocycles. The van der Waals surface area contributed by atoms with E-state index in [-0.39, 0.29) is 0 Å². The van der Waals surface area contributed by atoms with Crippen molar-refractivity contribution < 1.29 is 0 Å². The molecule has 2 aliphatic heterocycles. The summed E-state index contributed by atoms with van der Waals surface area (Å²) in [5.74, 6) is 0.986. The number of likely N-dealkylation sites (tertiary alicyclic amines) is 1. The van der Waals surface area contributed by atoms with Crippen LogP contribution in [-0.4, -0.2) is 62.2 Å². The molecule has 0 aliphatic carbocycles. The van der Waals surface area contributed by atoms with E-state index in [2.05, 4.69) is 29.1 Å². The van der Waals surface area contributed by atoms with Gasteiger partial charge in [0.05, 0.1) is 0 Å². The van der Waals surface area contributed by atoms with Gasteiger partial charge < -0.3 is 15.1 Å². The molecule has 0 radical (unpaired) electrons. The fraction of sp³-hybridized carbons (Fsp3) is 1.00. The van der Waals surface area contributed by atoms with Crippen molar-refractivity contribution in [3.63, 3.8) is 0 Å². The van der Waals surface area contributed by atoms with E-state index < -0.39 is 0 Å². The highest BCUT2D eigenvalue weighted by Gasteiger charge is 2.18. The molecule has 0 bridgehead atoms. The van der Waals surface area contributed by atoms with Crippen LogP contribution in [-0.2, 0) is 0 Å². The second-order valence-corrected chi connectivity index (χ2v) is 6.02. The Balaban J connectivity index is 1.64. The van der Waals surface area contributed by atoms with Crippen molar-refractivity contribution in [2.45, 2.75) is 38.6 Å². The lowest BCUT2D eigenvalue weighted by molar-refractivity contribution is 0.189. The van der Waals surface area contributed by atoms with Gasteiger partial charge in [-0.05, 0) is 71.8 Å². The second kappa shape index (κ2) is 6.72. The van der Waals surface area contributed by atoms with E-state index in [9.17, 15) is 0 Å². The molecule has 2 rings (SSSR count). The van der Waals surface area contributed by atoms with E-state index in [0.717, 1.165) is 5.92 Å². The maximum absolute atomic E-state index is 3.57. The van der Waals surface area contributed by atoms with Crippen LogP contribution in [0.15, 0.2) is 0 Å². The van der Waals surface area contributed by atoms with Gasteiger partial charge in [-0.1, -0.05) is 0 Å². The third-order valence-electron chi connectivity index (χ3n) is 4.49. The quantitative estimate of drug-likeness (QED) is 0.803. The Labute approximate surface area is 107 Å². The van der Waals surface area contributed by atoms with Crippen molar-refractivity contribution in [1.82, 2.24) is 15.1 Å². The van der Waals surface area contributed by atoms with Crippen molar-refractivity contribution in [1.29, 1.82) is 0 Å². The summed E-state index contributed by atoms with van der Waals surface area (Å²) >= 11 is 0. The van der Waals surface area contributed by atoms with Crippen molar-refractivity contribution in [3.05, 3.63) is 0 Å². The monoisotopic (exact) mass is 239 g/mol. The fourth-order valence-electron chi connectivity index (χ4n) is 3.00. The Bertz CT molecular complexity index is 212. The topological polar surface area (TPSA) is 18.5 Å². The second-order valence-electron chi connectivity index (χ2n) is 6.02. The lowest BCUT2D eigenvalue weighted by Crippen LogP contribution is -2.34. The van der Waals surface area contributed by atoms with E-state index in [4.69, 9.17) is 0 Å². The summed E-state index contributed by atoms with van der Waals surface area (Å²) in [5.41, 5.74) is 0. The van der Waals surface area contributed by atoms with Crippen LogP contribution in [0.2, 0.25) is 0 Å². The first-order valence-electron chi connectivity index (χ1n) is 7.38. The molecule has 0 aromatic rings. The lowest BCUT2D eigenvalue weighted by Gasteiger charge is -2.30. The molecule has 0 aromatic heterocycles. The first kappa shape index (κ1) is 13.3. The van der Waals surface area contributed by atoms with Gasteiger partial charge in [-0.25, -0.2) is 0 Å². The van der Waals surface area contributed by atoms with E-state index in [1.165, 1.54) is 65.0 Å². The van der Waals surface area contributed by atoms with Crippen LogP contribution in [0, 0.1) is 5.92 Å². The molecule has 3 heteroatoms. The smallest absolute Gasteiger partial charge is 0.0107 e. The zero-order valence-corrected chi connectivity index (χ0v) is 11.6. The van der Waals surface area contributed by atoms with Crippen LogP contribution in [0.3, 0.4) is 0 Å². The first-order chi connectivity index (χ1) is 8.24. The standard InChI is InChI=1S/C14H29N3/c1-13-3-10-17(12-7-15-13)11-6-14-4-8-16(2)9-5-14/h13-15H,3-12H2,1-2H3. The summed E-state index contributed by atoms with van der Waals surface area (Å²) < 4.78 is 0. The van der Waals surface area contributed by atoms with Crippen LogP contribution in [0.4, 0.5) is 0 Å². The highest BCUT2D eigenvalue weighted by atomic mass is 15.2. The highest BCUT2D eigenvalue weighted by molar-refractivity contribution is 4.75. The summed E-state index contributed by atoms with van der Waals surface area (Å²) in [6.45, 7) is 9.96. The van der Waals surface area contributed by atoms with Gasteiger partial charge in [-0.15, -0.1) is 0 Å². The molecule has 2 aliphatic rings. The molecule has 2 saturated heterocycles. The van der Waals surface area contributed by atoms with Crippen molar-refractivity contribution in [2.24, 2.45) is 5.92 Å². The van der Waals surface area contributed by atoms with E-state index in [0.29, 0.717) is 6.04 Å². The summed E-state index contributed by atoms with van der Waals surface area (Å²) in [5, 5.41) is 3.57. The van der Waals surface area contributed by atoms with Crippen molar-refractivity contribution in [2.75, 3.05) is 46.3 Å². The normalized spacial score (nSPS) is 30.4. The minimum absolute atomic E-state index is 0.711. The SMILES string of the molecule is CC1CCN(CCC2CCN(C)CC2)CCN1. The van der Waals surface area contributed by atoms with Gasteiger partial charge in [0, 0.05) is 19.1 Å². The Morgan fingerprint density at radius 3 is 2.59 bits per heavy atom. The average Bonchev–Trinajstić information content (AvgIpc) is 2.54. The summed E-state index contributed by atoms with van der Waals surface area (Å²) in [7, 11) is 2.25. The van der Waals surface area contributed by atoms with Gasteiger partial charge in [0.15, 0.2) is 0 Å². The largest absolute Gasteiger partial charge is 0.313 e. The van der Waals surface area contributed by atoms with Gasteiger partial charge >= 0.3 is 0 Å². The van der Waals surface area contributed by atoms with Crippen LogP contribution in [0.1, 0.15) is 32.6 Å². The van der Waals surface area contributed by atoms with Gasteiger partial charge in [-0.3, -0.25) is 0 Å². The predicted molar refractivity (Wildman–Crippen MR) is 73.4 cm³/mol. The number of rotatable bonds is 3. The third-order valence-corrected chi connectivity index (χ3v) is 4.49. The number of nitrogens with one attached hydrogen (secondary N) is 1. The van der Waals surface area contributed by atoms with Crippen LogP contribution in [0.5, 0.6) is 0 Å². The van der Waals surface area contributed by atoms with E-state index in [1.54, 1.807) is 0 Å². The maximum atomic E-state index is 3.57. The maximum Gasteiger partial charge on any atom is 0.0107 e. The average molecular weight is 239 g/mol. The van der Waals surface area contributed by atoms with Gasteiger partial charge in [-0.2, -0.15) is 0 Å².